The molecule has 21 heavy (non-hydrogen) atoms. The highest BCUT2D eigenvalue weighted by Gasteiger charge is 2.30. The molecule has 4 heteroatoms. The molecule has 0 radical (unpaired) electrons. The quantitative estimate of drug-likeness (QED) is 0.901. The Kier molecular flexibility index (Phi) is 4.13. The SMILES string of the molecule is CC1CN(c2c(F)cccc2Cl)C(c2ccccc2)CN1. The molecule has 2 aromatic rings. The van der Waals surface area contributed by atoms with Gasteiger partial charge < -0.3 is 10.2 Å². The monoisotopic (exact) mass is 304 g/mol. The van der Waals surface area contributed by atoms with Crippen LogP contribution in [0, 0.1) is 5.82 Å². The van der Waals surface area contributed by atoms with Crippen LogP contribution in [0.5, 0.6) is 0 Å². The topological polar surface area (TPSA) is 15.3 Å². The average Bonchev–Trinajstić information content (AvgIpc) is 2.48. The number of rotatable bonds is 2. The summed E-state index contributed by atoms with van der Waals surface area (Å²) in [4.78, 5) is 2.08. The molecule has 0 aromatic heterocycles. The van der Waals surface area contributed by atoms with Crippen LogP contribution in [0.3, 0.4) is 0 Å². The van der Waals surface area contributed by atoms with Gasteiger partial charge in [0.25, 0.3) is 0 Å². The van der Waals surface area contributed by atoms with Crippen LogP contribution in [0.1, 0.15) is 18.5 Å². The maximum Gasteiger partial charge on any atom is 0.148 e. The van der Waals surface area contributed by atoms with Crippen molar-refractivity contribution in [2.24, 2.45) is 0 Å². The third-order valence-corrected chi connectivity index (χ3v) is 4.22. The molecule has 1 aliphatic rings. The molecule has 2 aromatic carbocycles. The summed E-state index contributed by atoms with van der Waals surface area (Å²) in [6.45, 7) is 3.60. The van der Waals surface area contributed by atoms with Crippen LogP contribution in [0.15, 0.2) is 48.5 Å². The first-order valence-corrected chi connectivity index (χ1v) is 7.53. The molecule has 1 N–H and O–H groups in total. The lowest BCUT2D eigenvalue weighted by molar-refractivity contribution is 0.412. The Morgan fingerprint density at radius 1 is 1.14 bits per heavy atom. The predicted octanol–water partition coefficient (Wildman–Crippen LogP) is 4.02. The van der Waals surface area contributed by atoms with Crippen LogP contribution in [-0.2, 0) is 0 Å². The second kappa shape index (κ2) is 6.04. The molecule has 2 unspecified atom stereocenters. The van der Waals surface area contributed by atoms with Gasteiger partial charge in [0.05, 0.1) is 16.8 Å². The summed E-state index contributed by atoms with van der Waals surface area (Å²) < 4.78 is 14.3. The third-order valence-electron chi connectivity index (χ3n) is 3.92. The van der Waals surface area contributed by atoms with Gasteiger partial charge in [0.15, 0.2) is 0 Å². The molecule has 3 rings (SSSR count). The molecule has 110 valence electrons. The average molecular weight is 305 g/mol. The highest BCUT2D eigenvalue weighted by Crippen LogP contribution is 2.36. The summed E-state index contributed by atoms with van der Waals surface area (Å²) in [5.74, 6) is -0.266. The van der Waals surface area contributed by atoms with Gasteiger partial charge in [0.1, 0.15) is 5.82 Å². The van der Waals surface area contributed by atoms with Gasteiger partial charge in [0.2, 0.25) is 0 Å². The zero-order valence-electron chi connectivity index (χ0n) is 11.9. The highest BCUT2D eigenvalue weighted by atomic mass is 35.5. The second-order valence-corrected chi connectivity index (χ2v) is 5.87. The summed E-state index contributed by atoms with van der Waals surface area (Å²) in [6.07, 6.45) is 0. The van der Waals surface area contributed by atoms with Crippen LogP contribution in [-0.4, -0.2) is 19.1 Å². The maximum atomic E-state index is 14.3. The predicted molar refractivity (Wildman–Crippen MR) is 85.4 cm³/mol. The summed E-state index contributed by atoms with van der Waals surface area (Å²) in [7, 11) is 0. The van der Waals surface area contributed by atoms with E-state index in [0.29, 0.717) is 16.8 Å². The molecule has 0 spiro atoms. The normalized spacial score (nSPS) is 22.3. The molecule has 1 heterocycles. The van der Waals surface area contributed by atoms with Crippen molar-refractivity contribution < 1.29 is 4.39 Å². The first-order valence-electron chi connectivity index (χ1n) is 7.16. The Balaban J connectivity index is 2.03. The van der Waals surface area contributed by atoms with Crippen molar-refractivity contribution in [3.05, 3.63) is 64.9 Å². The van der Waals surface area contributed by atoms with E-state index in [2.05, 4.69) is 29.3 Å². The Labute approximate surface area is 129 Å². The minimum atomic E-state index is -0.266. The number of nitrogens with one attached hydrogen (secondary N) is 1. The van der Waals surface area contributed by atoms with E-state index < -0.39 is 0 Å². The van der Waals surface area contributed by atoms with Crippen LogP contribution in [0.2, 0.25) is 5.02 Å². The lowest BCUT2D eigenvalue weighted by atomic mass is 10.0. The molecule has 0 bridgehead atoms. The fraction of sp³-hybridized carbons (Fsp3) is 0.294. The highest BCUT2D eigenvalue weighted by molar-refractivity contribution is 6.33. The number of benzene rings is 2. The van der Waals surface area contributed by atoms with Gasteiger partial charge in [-0.05, 0) is 24.6 Å². The molecule has 2 atom stereocenters. The molecule has 1 saturated heterocycles. The lowest BCUT2D eigenvalue weighted by Gasteiger charge is -2.41. The van der Waals surface area contributed by atoms with Crippen molar-refractivity contribution in [1.82, 2.24) is 5.32 Å². The molecule has 1 aliphatic heterocycles. The smallest absolute Gasteiger partial charge is 0.148 e. The molecular weight excluding hydrogens is 287 g/mol. The number of halogens is 2. The van der Waals surface area contributed by atoms with Crippen molar-refractivity contribution >= 4 is 17.3 Å². The molecule has 2 nitrogen and oxygen atoms in total. The van der Waals surface area contributed by atoms with Crippen molar-refractivity contribution in [2.45, 2.75) is 19.0 Å². The zero-order valence-corrected chi connectivity index (χ0v) is 12.6. The minimum absolute atomic E-state index is 0.0804. The minimum Gasteiger partial charge on any atom is -0.358 e. The number of piperazine rings is 1. The van der Waals surface area contributed by atoms with Crippen LogP contribution < -0.4 is 10.2 Å². The van der Waals surface area contributed by atoms with E-state index in [1.165, 1.54) is 6.07 Å². The Hall–Kier alpha value is -1.58. The largest absolute Gasteiger partial charge is 0.358 e. The summed E-state index contributed by atoms with van der Waals surface area (Å²) in [6, 6.07) is 15.4. The fourth-order valence-corrected chi connectivity index (χ4v) is 3.16. The maximum absolute atomic E-state index is 14.3. The fourth-order valence-electron chi connectivity index (χ4n) is 2.89. The van der Waals surface area contributed by atoms with Gasteiger partial charge >= 0.3 is 0 Å². The van der Waals surface area contributed by atoms with E-state index in [1.807, 2.05) is 18.2 Å². The second-order valence-electron chi connectivity index (χ2n) is 5.46. The summed E-state index contributed by atoms with van der Waals surface area (Å²) in [5.41, 5.74) is 1.66. The van der Waals surface area contributed by atoms with Crippen LogP contribution >= 0.6 is 11.6 Å². The summed E-state index contributed by atoms with van der Waals surface area (Å²) in [5, 5.41) is 3.92. The third kappa shape index (κ3) is 2.89. The van der Waals surface area contributed by atoms with Gasteiger partial charge in [-0.25, -0.2) is 4.39 Å². The Bertz CT molecular complexity index is 597. The number of para-hydroxylation sites is 1. The number of nitrogens with zero attached hydrogens (tertiary/aromatic N) is 1. The number of hydrogen-bond donors (Lipinski definition) is 1. The van der Waals surface area contributed by atoms with E-state index in [-0.39, 0.29) is 11.9 Å². The van der Waals surface area contributed by atoms with Gasteiger partial charge in [0, 0.05) is 19.1 Å². The van der Waals surface area contributed by atoms with Crippen LogP contribution in [0.25, 0.3) is 0 Å². The van der Waals surface area contributed by atoms with E-state index >= 15 is 0 Å². The Morgan fingerprint density at radius 3 is 2.62 bits per heavy atom. The standard InChI is InChI=1S/C17H18ClFN2/c1-12-11-21(17-14(18)8-5-9-15(17)19)16(10-20-12)13-6-3-2-4-7-13/h2-9,12,16,20H,10-11H2,1H3. The van der Waals surface area contributed by atoms with Crippen molar-refractivity contribution in [3.8, 4) is 0 Å². The first kappa shape index (κ1) is 14.4. The van der Waals surface area contributed by atoms with Gasteiger partial charge in [-0.3, -0.25) is 0 Å². The van der Waals surface area contributed by atoms with E-state index in [1.54, 1.807) is 12.1 Å². The van der Waals surface area contributed by atoms with Gasteiger partial charge in [-0.2, -0.15) is 0 Å². The molecule has 0 amide bonds. The van der Waals surface area contributed by atoms with Gasteiger partial charge in [-0.15, -0.1) is 0 Å². The molecule has 0 saturated carbocycles. The van der Waals surface area contributed by atoms with Crippen LogP contribution in [0.4, 0.5) is 10.1 Å². The summed E-state index contributed by atoms with van der Waals surface area (Å²) >= 11 is 6.26. The Morgan fingerprint density at radius 2 is 1.90 bits per heavy atom. The van der Waals surface area contributed by atoms with Crippen molar-refractivity contribution in [3.63, 3.8) is 0 Å². The van der Waals surface area contributed by atoms with E-state index in [4.69, 9.17) is 11.6 Å². The van der Waals surface area contributed by atoms with Crippen molar-refractivity contribution in [2.75, 3.05) is 18.0 Å². The van der Waals surface area contributed by atoms with Gasteiger partial charge in [-0.1, -0.05) is 48.0 Å². The zero-order chi connectivity index (χ0) is 14.8. The number of hydrogen-bond acceptors (Lipinski definition) is 2. The van der Waals surface area contributed by atoms with E-state index in [9.17, 15) is 4.39 Å². The molecule has 1 fully saturated rings. The molecule has 0 aliphatic carbocycles. The molecular formula is C17H18ClFN2. The number of anilines is 1. The lowest BCUT2D eigenvalue weighted by Crippen LogP contribution is -2.51. The first-order chi connectivity index (χ1) is 10.2. The van der Waals surface area contributed by atoms with Crippen molar-refractivity contribution in [1.29, 1.82) is 0 Å². The van der Waals surface area contributed by atoms with E-state index in [0.717, 1.165) is 18.7 Å².